The first-order valence-corrected chi connectivity index (χ1v) is 7.81. The first-order chi connectivity index (χ1) is 10.5. The van der Waals surface area contributed by atoms with E-state index in [4.69, 9.17) is 5.73 Å². The van der Waals surface area contributed by atoms with Crippen molar-refractivity contribution in [3.05, 3.63) is 18.0 Å². The Labute approximate surface area is 130 Å². The van der Waals surface area contributed by atoms with Crippen molar-refractivity contribution < 1.29 is 9.59 Å². The summed E-state index contributed by atoms with van der Waals surface area (Å²) in [7, 11) is 0. The number of hydrogen-bond acceptors (Lipinski definition) is 4. The van der Waals surface area contributed by atoms with Crippen LogP contribution in [0.2, 0.25) is 0 Å². The number of primary amides is 1. The maximum atomic E-state index is 12.0. The minimum absolute atomic E-state index is 0.0614. The highest BCUT2D eigenvalue weighted by molar-refractivity contribution is 5.93. The van der Waals surface area contributed by atoms with Gasteiger partial charge in [0.25, 0.3) is 5.91 Å². The Morgan fingerprint density at radius 3 is 2.91 bits per heavy atom. The SMILES string of the molecule is CC(C)n1cc(C(=O)NCCN2CCCC(C(N)=O)C2)cn1. The summed E-state index contributed by atoms with van der Waals surface area (Å²) in [5, 5.41) is 7.05. The zero-order valence-corrected chi connectivity index (χ0v) is 13.3. The maximum Gasteiger partial charge on any atom is 0.254 e. The first-order valence-electron chi connectivity index (χ1n) is 7.81. The van der Waals surface area contributed by atoms with Gasteiger partial charge in [-0.15, -0.1) is 0 Å². The number of rotatable bonds is 6. The quantitative estimate of drug-likeness (QED) is 0.795. The largest absolute Gasteiger partial charge is 0.369 e. The van der Waals surface area contributed by atoms with Crippen molar-refractivity contribution in [3.63, 3.8) is 0 Å². The molecule has 0 spiro atoms. The lowest BCUT2D eigenvalue weighted by atomic mass is 9.97. The second-order valence-electron chi connectivity index (χ2n) is 6.10. The van der Waals surface area contributed by atoms with E-state index in [9.17, 15) is 9.59 Å². The Kier molecular flexibility index (Phi) is 5.54. The van der Waals surface area contributed by atoms with E-state index in [2.05, 4.69) is 15.3 Å². The Hall–Kier alpha value is -1.89. The monoisotopic (exact) mass is 307 g/mol. The summed E-state index contributed by atoms with van der Waals surface area (Å²) < 4.78 is 1.76. The fourth-order valence-corrected chi connectivity index (χ4v) is 2.66. The number of piperidine rings is 1. The van der Waals surface area contributed by atoms with Crippen LogP contribution in [0.4, 0.5) is 0 Å². The molecule has 2 amide bonds. The predicted molar refractivity (Wildman–Crippen MR) is 83.3 cm³/mol. The molecule has 0 radical (unpaired) electrons. The molecule has 0 aliphatic carbocycles. The van der Waals surface area contributed by atoms with Crippen LogP contribution in [0, 0.1) is 5.92 Å². The number of nitrogens with one attached hydrogen (secondary N) is 1. The highest BCUT2D eigenvalue weighted by atomic mass is 16.2. The Morgan fingerprint density at radius 1 is 1.50 bits per heavy atom. The van der Waals surface area contributed by atoms with Crippen molar-refractivity contribution in [2.24, 2.45) is 11.7 Å². The summed E-state index contributed by atoms with van der Waals surface area (Å²) in [6.45, 7) is 6.95. The van der Waals surface area contributed by atoms with Crippen molar-refractivity contribution in [3.8, 4) is 0 Å². The van der Waals surface area contributed by atoms with Crippen LogP contribution < -0.4 is 11.1 Å². The second-order valence-corrected chi connectivity index (χ2v) is 6.10. The van der Waals surface area contributed by atoms with Gasteiger partial charge in [-0.1, -0.05) is 0 Å². The lowest BCUT2D eigenvalue weighted by molar-refractivity contribution is -0.123. The van der Waals surface area contributed by atoms with Gasteiger partial charge >= 0.3 is 0 Å². The maximum absolute atomic E-state index is 12.0. The Bertz CT molecular complexity index is 526. The summed E-state index contributed by atoms with van der Waals surface area (Å²) in [5.74, 6) is -0.404. The first kappa shape index (κ1) is 16.5. The van der Waals surface area contributed by atoms with Gasteiger partial charge in [0.05, 0.1) is 17.7 Å². The third kappa shape index (κ3) is 4.30. The third-order valence-corrected chi connectivity index (χ3v) is 4.01. The molecular weight excluding hydrogens is 282 g/mol. The number of amides is 2. The van der Waals surface area contributed by atoms with Crippen LogP contribution in [0.5, 0.6) is 0 Å². The van der Waals surface area contributed by atoms with E-state index in [-0.39, 0.29) is 23.8 Å². The number of hydrogen-bond donors (Lipinski definition) is 2. The standard InChI is InChI=1S/C15H25N5O2/c1-11(2)20-10-13(8-18-20)15(22)17-5-7-19-6-3-4-12(9-19)14(16)21/h8,10-12H,3-7,9H2,1-2H3,(H2,16,21)(H,17,22). The number of carbonyl (C=O) groups is 2. The second kappa shape index (κ2) is 7.40. The van der Waals surface area contributed by atoms with Gasteiger partial charge in [0.1, 0.15) is 0 Å². The van der Waals surface area contributed by atoms with Gasteiger partial charge in [-0.05, 0) is 33.2 Å². The summed E-state index contributed by atoms with van der Waals surface area (Å²) >= 11 is 0. The molecule has 1 aliphatic heterocycles. The molecule has 122 valence electrons. The topological polar surface area (TPSA) is 93.3 Å². The van der Waals surface area contributed by atoms with Gasteiger partial charge in [-0.25, -0.2) is 0 Å². The molecule has 1 fully saturated rings. The molecule has 1 unspecified atom stereocenters. The minimum Gasteiger partial charge on any atom is -0.369 e. The molecule has 1 aliphatic rings. The molecule has 0 saturated carbocycles. The molecule has 7 heteroatoms. The van der Waals surface area contributed by atoms with Crippen LogP contribution in [-0.2, 0) is 4.79 Å². The van der Waals surface area contributed by atoms with Crippen molar-refractivity contribution in [1.82, 2.24) is 20.0 Å². The number of likely N-dealkylation sites (tertiary alicyclic amines) is 1. The summed E-state index contributed by atoms with van der Waals surface area (Å²) in [6.07, 6.45) is 5.18. The van der Waals surface area contributed by atoms with Crippen LogP contribution in [0.15, 0.2) is 12.4 Å². The van der Waals surface area contributed by atoms with E-state index in [1.807, 2.05) is 13.8 Å². The molecule has 2 heterocycles. The number of carbonyl (C=O) groups excluding carboxylic acids is 2. The lowest BCUT2D eigenvalue weighted by Crippen LogP contribution is -2.44. The molecule has 7 nitrogen and oxygen atoms in total. The van der Waals surface area contributed by atoms with Gasteiger partial charge in [0, 0.05) is 31.9 Å². The normalized spacial score (nSPS) is 19.3. The zero-order chi connectivity index (χ0) is 16.1. The third-order valence-electron chi connectivity index (χ3n) is 4.01. The van der Waals surface area contributed by atoms with Crippen LogP contribution in [0.1, 0.15) is 43.1 Å². The van der Waals surface area contributed by atoms with Gasteiger partial charge < -0.3 is 16.0 Å². The summed E-state index contributed by atoms with van der Waals surface area (Å²) in [4.78, 5) is 25.5. The molecule has 2 rings (SSSR count). The smallest absolute Gasteiger partial charge is 0.254 e. The van der Waals surface area contributed by atoms with Gasteiger partial charge in [-0.3, -0.25) is 14.3 Å². The molecule has 0 bridgehead atoms. The molecule has 0 aromatic carbocycles. The predicted octanol–water partition coefficient (Wildman–Crippen LogP) is 0.391. The number of nitrogens with zero attached hydrogens (tertiary/aromatic N) is 3. The van der Waals surface area contributed by atoms with E-state index in [0.717, 1.165) is 25.9 Å². The zero-order valence-electron chi connectivity index (χ0n) is 13.3. The van der Waals surface area contributed by atoms with Crippen molar-refractivity contribution in [2.75, 3.05) is 26.2 Å². The minimum atomic E-state index is -0.227. The van der Waals surface area contributed by atoms with Crippen LogP contribution in [-0.4, -0.2) is 52.7 Å². The highest BCUT2D eigenvalue weighted by Crippen LogP contribution is 2.15. The Morgan fingerprint density at radius 2 is 2.27 bits per heavy atom. The number of nitrogens with two attached hydrogens (primary N) is 1. The van der Waals surface area contributed by atoms with Crippen molar-refractivity contribution in [2.45, 2.75) is 32.7 Å². The van der Waals surface area contributed by atoms with Crippen molar-refractivity contribution >= 4 is 11.8 Å². The molecular formula is C15H25N5O2. The average molecular weight is 307 g/mol. The Balaban J connectivity index is 1.75. The van der Waals surface area contributed by atoms with E-state index < -0.39 is 0 Å². The molecule has 1 atom stereocenters. The highest BCUT2D eigenvalue weighted by Gasteiger charge is 2.23. The summed E-state index contributed by atoms with van der Waals surface area (Å²) in [5.41, 5.74) is 5.94. The molecule has 22 heavy (non-hydrogen) atoms. The van der Waals surface area contributed by atoms with Gasteiger partial charge in [0.2, 0.25) is 5.91 Å². The van der Waals surface area contributed by atoms with E-state index in [0.29, 0.717) is 18.7 Å². The summed E-state index contributed by atoms with van der Waals surface area (Å²) in [6, 6.07) is 0.237. The molecule has 3 N–H and O–H groups in total. The fraction of sp³-hybridized carbons (Fsp3) is 0.667. The lowest BCUT2D eigenvalue weighted by Gasteiger charge is -2.31. The van der Waals surface area contributed by atoms with Crippen molar-refractivity contribution in [1.29, 1.82) is 0 Å². The molecule has 1 aromatic rings. The average Bonchev–Trinajstić information content (AvgIpc) is 2.97. The molecule has 1 aromatic heterocycles. The van der Waals surface area contributed by atoms with E-state index >= 15 is 0 Å². The van der Waals surface area contributed by atoms with E-state index in [1.54, 1.807) is 17.1 Å². The molecule has 1 saturated heterocycles. The van der Waals surface area contributed by atoms with Crippen LogP contribution >= 0.6 is 0 Å². The van der Waals surface area contributed by atoms with Crippen LogP contribution in [0.3, 0.4) is 0 Å². The fourth-order valence-electron chi connectivity index (χ4n) is 2.66. The number of aromatic nitrogens is 2. The van der Waals surface area contributed by atoms with Gasteiger partial charge in [-0.2, -0.15) is 5.10 Å². The van der Waals surface area contributed by atoms with Gasteiger partial charge in [0.15, 0.2) is 0 Å². The van der Waals surface area contributed by atoms with E-state index in [1.165, 1.54) is 0 Å². The van der Waals surface area contributed by atoms with Crippen LogP contribution in [0.25, 0.3) is 0 Å².